The van der Waals surface area contributed by atoms with Crippen LogP contribution in [0.1, 0.15) is 45.1 Å². The lowest BCUT2D eigenvalue weighted by Crippen LogP contribution is -2.59. The largest absolute Gasteiger partial charge is 0.326 e. The van der Waals surface area contributed by atoms with Crippen LogP contribution < -0.4 is 5.73 Å². The lowest BCUT2D eigenvalue weighted by molar-refractivity contribution is 0.0769. The van der Waals surface area contributed by atoms with Crippen LogP contribution in [0.2, 0.25) is 0 Å². The van der Waals surface area contributed by atoms with Crippen LogP contribution in [0.3, 0.4) is 0 Å². The molecule has 4 heteroatoms. The highest BCUT2D eigenvalue weighted by Crippen LogP contribution is 2.38. The minimum Gasteiger partial charge on any atom is -0.326 e. The third-order valence-corrected chi connectivity index (χ3v) is 5.01. The summed E-state index contributed by atoms with van der Waals surface area (Å²) in [6, 6.07) is 3.65. The van der Waals surface area contributed by atoms with Gasteiger partial charge >= 0.3 is 0 Å². The average Bonchev–Trinajstić information content (AvgIpc) is 2.94. The number of rotatable bonds is 6. The molecule has 0 spiro atoms. The Labute approximate surface area is 126 Å². The topological polar surface area (TPSA) is 29.3 Å². The molecule has 21 heavy (non-hydrogen) atoms. The van der Waals surface area contributed by atoms with Crippen LogP contribution >= 0.6 is 0 Å². The van der Waals surface area contributed by atoms with E-state index in [0.717, 1.165) is 32.0 Å². The Morgan fingerprint density at radius 3 is 2.33 bits per heavy atom. The summed E-state index contributed by atoms with van der Waals surface area (Å²) in [5.74, 6) is -1.03. The van der Waals surface area contributed by atoms with Crippen molar-refractivity contribution in [2.45, 2.75) is 57.5 Å². The van der Waals surface area contributed by atoms with E-state index in [-0.39, 0.29) is 11.6 Å². The smallest absolute Gasteiger partial charge is 0.129 e. The molecule has 0 bridgehead atoms. The Kier molecular flexibility index (Phi) is 5.33. The quantitative estimate of drug-likeness (QED) is 0.870. The van der Waals surface area contributed by atoms with Gasteiger partial charge in [0.15, 0.2) is 0 Å². The number of nitrogens with two attached hydrogens (primary N) is 1. The molecule has 1 aliphatic rings. The van der Waals surface area contributed by atoms with Crippen molar-refractivity contribution in [3.05, 3.63) is 35.4 Å². The zero-order valence-electron chi connectivity index (χ0n) is 13.0. The lowest BCUT2D eigenvalue weighted by atomic mass is 9.83. The Morgan fingerprint density at radius 1 is 1.19 bits per heavy atom. The molecule has 2 nitrogen and oxygen atoms in total. The summed E-state index contributed by atoms with van der Waals surface area (Å²) in [4.78, 5) is 2.42. The monoisotopic (exact) mass is 296 g/mol. The van der Waals surface area contributed by atoms with Crippen LogP contribution in [-0.4, -0.2) is 29.6 Å². The summed E-state index contributed by atoms with van der Waals surface area (Å²) in [5, 5.41) is 0. The second kappa shape index (κ2) is 6.84. The van der Waals surface area contributed by atoms with E-state index in [1.807, 2.05) is 0 Å². The van der Waals surface area contributed by atoms with Crippen LogP contribution in [0.5, 0.6) is 0 Å². The molecule has 1 aliphatic carbocycles. The summed E-state index contributed by atoms with van der Waals surface area (Å²) in [5.41, 5.74) is 6.98. The van der Waals surface area contributed by atoms with Crippen molar-refractivity contribution in [3.8, 4) is 0 Å². The highest BCUT2D eigenvalue weighted by molar-refractivity contribution is 5.21. The summed E-state index contributed by atoms with van der Waals surface area (Å²) in [6.07, 6.45) is 4.95. The predicted molar refractivity (Wildman–Crippen MR) is 82.2 cm³/mol. The average molecular weight is 296 g/mol. The fourth-order valence-electron chi connectivity index (χ4n) is 3.88. The molecule has 0 saturated heterocycles. The molecule has 1 unspecified atom stereocenters. The molecule has 0 aromatic heterocycles. The zero-order chi connectivity index (χ0) is 15.5. The molecule has 1 aromatic rings. The van der Waals surface area contributed by atoms with Crippen LogP contribution in [0.4, 0.5) is 8.78 Å². The Balaban J connectivity index is 2.21. The van der Waals surface area contributed by atoms with Crippen LogP contribution in [0.25, 0.3) is 0 Å². The van der Waals surface area contributed by atoms with E-state index in [4.69, 9.17) is 5.73 Å². The Morgan fingerprint density at radius 2 is 1.81 bits per heavy atom. The molecule has 1 fully saturated rings. The van der Waals surface area contributed by atoms with Crippen molar-refractivity contribution in [1.29, 1.82) is 0 Å². The fourth-order valence-corrected chi connectivity index (χ4v) is 3.88. The van der Waals surface area contributed by atoms with E-state index in [9.17, 15) is 8.78 Å². The van der Waals surface area contributed by atoms with Gasteiger partial charge in [0.2, 0.25) is 0 Å². The second-order valence-electron chi connectivity index (χ2n) is 6.03. The van der Waals surface area contributed by atoms with Gasteiger partial charge in [-0.25, -0.2) is 8.78 Å². The standard InChI is InChI=1S/C17H26F2N2/c1-3-21(4-2)17(9-5-6-10-17)16(20)11-13-7-8-14(18)12-15(13)19/h7-8,12,16H,3-6,9-11,20H2,1-2H3. The highest BCUT2D eigenvalue weighted by Gasteiger charge is 2.43. The van der Waals surface area contributed by atoms with Gasteiger partial charge in [0.25, 0.3) is 0 Å². The van der Waals surface area contributed by atoms with Gasteiger partial charge in [-0.1, -0.05) is 32.8 Å². The van der Waals surface area contributed by atoms with Crippen molar-refractivity contribution in [2.75, 3.05) is 13.1 Å². The van der Waals surface area contributed by atoms with Gasteiger partial charge in [-0.15, -0.1) is 0 Å². The van der Waals surface area contributed by atoms with E-state index in [2.05, 4.69) is 18.7 Å². The van der Waals surface area contributed by atoms with E-state index in [0.29, 0.717) is 12.0 Å². The first-order chi connectivity index (χ1) is 10.0. The van der Waals surface area contributed by atoms with Gasteiger partial charge in [-0.2, -0.15) is 0 Å². The first-order valence-electron chi connectivity index (χ1n) is 7.98. The van der Waals surface area contributed by atoms with Gasteiger partial charge in [-0.05, 0) is 44.0 Å². The molecule has 1 aromatic carbocycles. The maximum absolute atomic E-state index is 13.9. The molecule has 0 radical (unpaired) electrons. The molecule has 2 N–H and O–H groups in total. The van der Waals surface area contributed by atoms with E-state index >= 15 is 0 Å². The maximum Gasteiger partial charge on any atom is 0.129 e. The molecule has 1 saturated carbocycles. The van der Waals surface area contributed by atoms with Crippen molar-refractivity contribution in [2.24, 2.45) is 5.73 Å². The minimum absolute atomic E-state index is 0.0374. The first kappa shape index (κ1) is 16.4. The normalized spacial score (nSPS) is 19.1. The highest BCUT2D eigenvalue weighted by atomic mass is 19.1. The molecule has 2 rings (SSSR count). The predicted octanol–water partition coefficient (Wildman–Crippen LogP) is 3.49. The molecule has 0 amide bonds. The van der Waals surface area contributed by atoms with Crippen molar-refractivity contribution < 1.29 is 8.78 Å². The summed E-state index contributed by atoms with van der Waals surface area (Å²) >= 11 is 0. The molecular weight excluding hydrogens is 270 g/mol. The van der Waals surface area contributed by atoms with Gasteiger partial charge in [0.1, 0.15) is 11.6 Å². The molecule has 0 heterocycles. The lowest BCUT2D eigenvalue weighted by Gasteiger charge is -2.45. The molecule has 118 valence electrons. The summed E-state index contributed by atoms with van der Waals surface area (Å²) in [7, 11) is 0. The Bertz CT molecular complexity index is 466. The number of hydrogen-bond donors (Lipinski definition) is 1. The minimum atomic E-state index is -0.538. The molecule has 1 atom stereocenters. The van der Waals surface area contributed by atoms with Crippen LogP contribution in [0, 0.1) is 11.6 Å². The number of likely N-dealkylation sites (N-methyl/N-ethyl adjacent to an activating group) is 1. The molecular formula is C17H26F2N2. The zero-order valence-corrected chi connectivity index (χ0v) is 13.0. The van der Waals surface area contributed by atoms with Crippen molar-refractivity contribution >= 4 is 0 Å². The second-order valence-corrected chi connectivity index (χ2v) is 6.03. The van der Waals surface area contributed by atoms with Crippen molar-refractivity contribution in [3.63, 3.8) is 0 Å². The van der Waals surface area contributed by atoms with Crippen LogP contribution in [-0.2, 0) is 6.42 Å². The fraction of sp³-hybridized carbons (Fsp3) is 0.647. The summed E-state index contributed by atoms with van der Waals surface area (Å²) in [6.45, 7) is 6.20. The number of nitrogens with zero attached hydrogens (tertiary/aromatic N) is 1. The van der Waals surface area contributed by atoms with Crippen LogP contribution in [0.15, 0.2) is 18.2 Å². The van der Waals surface area contributed by atoms with Gasteiger partial charge in [0.05, 0.1) is 0 Å². The number of hydrogen-bond acceptors (Lipinski definition) is 2. The van der Waals surface area contributed by atoms with E-state index < -0.39 is 11.6 Å². The summed E-state index contributed by atoms with van der Waals surface area (Å²) < 4.78 is 26.9. The number of halogens is 2. The van der Waals surface area contributed by atoms with E-state index in [1.54, 1.807) is 0 Å². The van der Waals surface area contributed by atoms with Crippen molar-refractivity contribution in [1.82, 2.24) is 4.90 Å². The first-order valence-corrected chi connectivity index (χ1v) is 7.98. The van der Waals surface area contributed by atoms with E-state index in [1.165, 1.54) is 25.0 Å². The third-order valence-electron chi connectivity index (χ3n) is 5.01. The van der Waals surface area contributed by atoms with Gasteiger partial charge < -0.3 is 5.73 Å². The third kappa shape index (κ3) is 3.27. The maximum atomic E-state index is 13.9. The molecule has 0 aliphatic heterocycles. The SMILES string of the molecule is CCN(CC)C1(C(N)Cc2ccc(F)cc2F)CCCC1. The number of benzene rings is 1. The van der Waals surface area contributed by atoms with Gasteiger partial charge in [-0.3, -0.25) is 4.90 Å². The Hall–Kier alpha value is -1.00. The van der Waals surface area contributed by atoms with Gasteiger partial charge in [0, 0.05) is 17.6 Å².